The number of anilines is 3. The van der Waals surface area contributed by atoms with E-state index >= 15 is 0 Å². The van der Waals surface area contributed by atoms with Gasteiger partial charge in [0.1, 0.15) is 0 Å². The van der Waals surface area contributed by atoms with E-state index in [1.165, 1.54) is 24.6 Å². The predicted molar refractivity (Wildman–Crippen MR) is 93.5 cm³/mol. The number of hydrogen-bond donors (Lipinski definition) is 3. The van der Waals surface area contributed by atoms with Crippen LogP contribution in [0.1, 0.15) is 23.2 Å². The third-order valence-corrected chi connectivity index (χ3v) is 4.14. The molecule has 24 heavy (non-hydrogen) atoms. The van der Waals surface area contributed by atoms with Crippen molar-refractivity contribution in [1.29, 1.82) is 0 Å². The molecule has 1 fully saturated rings. The van der Waals surface area contributed by atoms with E-state index in [9.17, 15) is 14.3 Å². The zero-order valence-corrected chi connectivity index (χ0v) is 13.3. The van der Waals surface area contributed by atoms with Crippen molar-refractivity contribution in [2.24, 2.45) is 0 Å². The largest absolute Gasteiger partial charge is 0.504 e. The summed E-state index contributed by atoms with van der Waals surface area (Å²) < 4.78 is 13.5. The van der Waals surface area contributed by atoms with E-state index in [2.05, 4.69) is 27.7 Å². The highest BCUT2D eigenvalue weighted by Gasteiger charge is 2.12. The summed E-state index contributed by atoms with van der Waals surface area (Å²) >= 11 is 0. The average molecular weight is 329 g/mol. The van der Waals surface area contributed by atoms with Gasteiger partial charge in [0.05, 0.1) is 12.2 Å². The van der Waals surface area contributed by atoms with Gasteiger partial charge < -0.3 is 20.6 Å². The molecule has 6 heteroatoms. The number of nitrogens with one attached hydrogen (secondary N) is 2. The third kappa shape index (κ3) is 3.59. The van der Waals surface area contributed by atoms with Crippen molar-refractivity contribution in [3.05, 3.63) is 47.8 Å². The molecule has 2 aromatic rings. The highest BCUT2D eigenvalue weighted by Crippen LogP contribution is 2.25. The highest BCUT2D eigenvalue weighted by atomic mass is 19.1. The van der Waals surface area contributed by atoms with Crippen LogP contribution < -0.4 is 15.5 Å². The van der Waals surface area contributed by atoms with Crippen molar-refractivity contribution < 1.29 is 14.3 Å². The minimum atomic E-state index is -0.822. The lowest BCUT2D eigenvalue weighted by atomic mass is 10.2. The molecule has 0 saturated carbocycles. The smallest absolute Gasteiger partial charge is 0.167 e. The number of nitrogens with zero attached hydrogens (tertiary/aromatic N) is 1. The molecule has 0 radical (unpaired) electrons. The van der Waals surface area contributed by atoms with Gasteiger partial charge in [0, 0.05) is 36.2 Å². The molecule has 1 saturated heterocycles. The topological polar surface area (TPSA) is 64.6 Å². The molecule has 0 bridgehead atoms. The number of phenolic OH excluding ortho intramolecular Hbond substituents is 1. The minimum Gasteiger partial charge on any atom is -0.504 e. The average Bonchev–Trinajstić information content (AvgIpc) is 3.13. The summed E-state index contributed by atoms with van der Waals surface area (Å²) in [6.07, 6.45) is 2.92. The Hall–Kier alpha value is -2.76. The second kappa shape index (κ2) is 7.21. The molecule has 1 aliphatic rings. The summed E-state index contributed by atoms with van der Waals surface area (Å²) in [5.74, 6) is -1.45. The van der Waals surface area contributed by atoms with Crippen LogP contribution in [0, 0.1) is 5.82 Å². The Balaban J connectivity index is 1.56. The van der Waals surface area contributed by atoms with Gasteiger partial charge in [-0.3, -0.25) is 4.79 Å². The second-order valence-corrected chi connectivity index (χ2v) is 5.79. The molecule has 0 aliphatic carbocycles. The van der Waals surface area contributed by atoms with Crippen LogP contribution in [0.25, 0.3) is 0 Å². The van der Waals surface area contributed by atoms with Crippen molar-refractivity contribution >= 4 is 23.3 Å². The third-order valence-electron chi connectivity index (χ3n) is 4.14. The van der Waals surface area contributed by atoms with E-state index in [-0.39, 0.29) is 5.56 Å². The van der Waals surface area contributed by atoms with Crippen LogP contribution in [0.2, 0.25) is 0 Å². The lowest BCUT2D eigenvalue weighted by molar-refractivity contribution is 0.112. The number of carbonyl (C=O) groups excluding carboxylic acids is 1. The van der Waals surface area contributed by atoms with Crippen molar-refractivity contribution in [2.45, 2.75) is 12.8 Å². The van der Waals surface area contributed by atoms with Crippen molar-refractivity contribution in [3.63, 3.8) is 0 Å². The maximum absolute atomic E-state index is 13.5. The van der Waals surface area contributed by atoms with Crippen LogP contribution in [0.3, 0.4) is 0 Å². The molecule has 2 aromatic carbocycles. The van der Waals surface area contributed by atoms with E-state index in [1.54, 1.807) is 0 Å². The quantitative estimate of drug-likeness (QED) is 0.430. The summed E-state index contributed by atoms with van der Waals surface area (Å²) in [6, 6.07) is 10.7. The molecule has 0 unspecified atom stereocenters. The molecule has 1 aliphatic heterocycles. The molecule has 126 valence electrons. The lowest BCUT2D eigenvalue weighted by Gasteiger charge is -2.18. The van der Waals surface area contributed by atoms with Crippen molar-refractivity contribution in [1.82, 2.24) is 0 Å². The van der Waals surface area contributed by atoms with Crippen LogP contribution in [0.15, 0.2) is 36.4 Å². The van der Waals surface area contributed by atoms with Gasteiger partial charge >= 0.3 is 0 Å². The lowest BCUT2D eigenvalue weighted by Crippen LogP contribution is -2.17. The van der Waals surface area contributed by atoms with Gasteiger partial charge in [-0.15, -0.1) is 0 Å². The number of benzene rings is 2. The van der Waals surface area contributed by atoms with E-state index < -0.39 is 11.6 Å². The van der Waals surface area contributed by atoms with Crippen molar-refractivity contribution in [3.8, 4) is 5.75 Å². The van der Waals surface area contributed by atoms with Crippen LogP contribution in [0.4, 0.5) is 21.5 Å². The molecule has 3 N–H and O–H groups in total. The number of aromatic hydroxyl groups is 1. The van der Waals surface area contributed by atoms with E-state index in [4.69, 9.17) is 0 Å². The maximum atomic E-state index is 13.5. The molecule has 0 spiro atoms. The first kappa shape index (κ1) is 16.1. The summed E-state index contributed by atoms with van der Waals surface area (Å²) in [6.45, 7) is 2.59. The second-order valence-electron chi connectivity index (χ2n) is 5.79. The molecule has 0 atom stereocenters. The highest BCUT2D eigenvalue weighted by molar-refractivity contribution is 5.81. The summed E-state index contributed by atoms with van der Waals surface area (Å²) in [5.41, 5.74) is 2.52. The van der Waals surface area contributed by atoms with Crippen LogP contribution in [-0.4, -0.2) is 31.2 Å². The summed E-state index contributed by atoms with van der Waals surface area (Å²) in [5, 5.41) is 15.5. The molecular weight excluding hydrogens is 309 g/mol. The van der Waals surface area contributed by atoms with Gasteiger partial charge in [0.25, 0.3) is 0 Å². The Bertz CT molecular complexity index is 713. The fraction of sp³-hybridized carbons (Fsp3) is 0.278. The van der Waals surface area contributed by atoms with Gasteiger partial charge in [-0.2, -0.15) is 0 Å². The number of aldehydes is 1. The first-order chi connectivity index (χ1) is 11.7. The number of rotatable bonds is 6. The zero-order valence-electron chi connectivity index (χ0n) is 13.3. The molecular formula is C18H20FN3O2. The SMILES string of the molecule is O=Cc1cc(NCNc2ccc(N3CCCC3)cc2)cc(F)c1O. The molecule has 5 nitrogen and oxygen atoms in total. The fourth-order valence-corrected chi connectivity index (χ4v) is 2.83. The zero-order chi connectivity index (χ0) is 16.9. The molecule has 3 rings (SSSR count). The van der Waals surface area contributed by atoms with Gasteiger partial charge in [-0.05, 0) is 43.2 Å². The first-order valence-corrected chi connectivity index (χ1v) is 7.98. The van der Waals surface area contributed by atoms with Crippen molar-refractivity contribution in [2.75, 3.05) is 35.3 Å². The van der Waals surface area contributed by atoms with Gasteiger partial charge in [0.15, 0.2) is 17.9 Å². The fourth-order valence-electron chi connectivity index (χ4n) is 2.83. The van der Waals surface area contributed by atoms with E-state index in [0.29, 0.717) is 18.6 Å². The Labute approximate surface area is 140 Å². The Kier molecular flexibility index (Phi) is 4.84. The van der Waals surface area contributed by atoms with Crippen LogP contribution >= 0.6 is 0 Å². The molecule has 0 aromatic heterocycles. The molecule has 1 heterocycles. The minimum absolute atomic E-state index is 0.0764. The Morgan fingerprint density at radius 2 is 1.75 bits per heavy atom. The predicted octanol–water partition coefficient (Wildman–Crippen LogP) is 3.43. The maximum Gasteiger partial charge on any atom is 0.167 e. The monoisotopic (exact) mass is 329 g/mol. The summed E-state index contributed by atoms with van der Waals surface area (Å²) in [7, 11) is 0. The molecule has 0 amide bonds. The first-order valence-electron chi connectivity index (χ1n) is 7.98. The Morgan fingerprint density at radius 3 is 2.42 bits per heavy atom. The number of phenols is 1. The van der Waals surface area contributed by atoms with Gasteiger partial charge in [-0.25, -0.2) is 4.39 Å². The van der Waals surface area contributed by atoms with Crippen LogP contribution in [-0.2, 0) is 0 Å². The number of carbonyl (C=O) groups is 1. The van der Waals surface area contributed by atoms with E-state index in [0.717, 1.165) is 24.8 Å². The Morgan fingerprint density at radius 1 is 1.08 bits per heavy atom. The number of halogens is 1. The standard InChI is InChI=1S/C18H20FN3O2/c19-17-10-15(9-13(11-23)18(17)24)21-12-20-14-3-5-16(6-4-14)22-7-1-2-8-22/h3-6,9-11,20-21,24H,1-2,7-8,12H2. The van der Waals surface area contributed by atoms with Crippen LogP contribution in [0.5, 0.6) is 5.75 Å². The normalized spacial score (nSPS) is 13.8. The summed E-state index contributed by atoms with van der Waals surface area (Å²) in [4.78, 5) is 13.2. The van der Waals surface area contributed by atoms with E-state index in [1.807, 2.05) is 12.1 Å². The van der Waals surface area contributed by atoms with Gasteiger partial charge in [-0.1, -0.05) is 0 Å². The van der Waals surface area contributed by atoms with Gasteiger partial charge in [0.2, 0.25) is 0 Å². The number of hydrogen-bond acceptors (Lipinski definition) is 5.